The fourth-order valence-electron chi connectivity index (χ4n) is 4.25. The van der Waals surface area contributed by atoms with Gasteiger partial charge in [-0.05, 0) is 65.3 Å². The van der Waals surface area contributed by atoms with E-state index in [2.05, 4.69) is 74.2 Å². The Labute approximate surface area is 172 Å². The summed E-state index contributed by atoms with van der Waals surface area (Å²) in [5, 5.41) is 9.17. The molecule has 0 heterocycles. The van der Waals surface area contributed by atoms with Crippen molar-refractivity contribution in [3.63, 3.8) is 0 Å². The molecule has 0 saturated heterocycles. The number of fused-ring (bicyclic) bond motifs is 1. The van der Waals surface area contributed by atoms with Crippen molar-refractivity contribution in [3.05, 3.63) is 106 Å². The molecule has 1 N–H and O–H groups in total. The molecule has 0 aliphatic heterocycles. The first kappa shape index (κ1) is 19.0. The molecule has 2 nitrogen and oxygen atoms in total. The first-order valence-electron chi connectivity index (χ1n) is 9.99. The van der Waals surface area contributed by atoms with Crippen LogP contribution >= 0.6 is 0 Å². The van der Waals surface area contributed by atoms with Crippen molar-refractivity contribution >= 4 is 5.97 Å². The third-order valence-electron chi connectivity index (χ3n) is 5.88. The molecule has 0 amide bonds. The minimum Gasteiger partial charge on any atom is -0.478 e. The zero-order chi connectivity index (χ0) is 20.4. The van der Waals surface area contributed by atoms with Crippen LogP contribution in [0.4, 0.5) is 0 Å². The maximum absolute atomic E-state index is 11.2. The number of benzene rings is 3. The number of carboxylic acid groups (broad SMARTS) is 1. The summed E-state index contributed by atoms with van der Waals surface area (Å²) in [6, 6.07) is 24.0. The second-order valence-electron chi connectivity index (χ2n) is 8.32. The molecule has 4 rings (SSSR count). The fourth-order valence-corrected chi connectivity index (χ4v) is 4.25. The van der Waals surface area contributed by atoms with E-state index in [-0.39, 0.29) is 11.0 Å². The molecule has 3 aromatic rings. The lowest BCUT2D eigenvalue weighted by Gasteiger charge is -2.37. The van der Waals surface area contributed by atoms with Crippen molar-refractivity contribution in [3.8, 4) is 11.8 Å². The molecule has 0 fully saturated rings. The van der Waals surface area contributed by atoms with Gasteiger partial charge in [0.2, 0.25) is 0 Å². The van der Waals surface area contributed by atoms with Gasteiger partial charge < -0.3 is 5.11 Å². The Kier molecular flexibility index (Phi) is 4.99. The molecule has 29 heavy (non-hydrogen) atoms. The van der Waals surface area contributed by atoms with Gasteiger partial charge in [0.1, 0.15) is 0 Å². The van der Waals surface area contributed by atoms with E-state index in [1.165, 1.54) is 16.7 Å². The van der Waals surface area contributed by atoms with Gasteiger partial charge in [-0.3, -0.25) is 0 Å². The van der Waals surface area contributed by atoms with E-state index in [1.807, 2.05) is 6.07 Å². The molecule has 1 aliphatic carbocycles. The van der Waals surface area contributed by atoms with Crippen LogP contribution < -0.4 is 0 Å². The Morgan fingerprint density at radius 1 is 0.931 bits per heavy atom. The van der Waals surface area contributed by atoms with Gasteiger partial charge in [-0.2, -0.15) is 0 Å². The van der Waals surface area contributed by atoms with Gasteiger partial charge in [0, 0.05) is 17.0 Å². The lowest BCUT2D eigenvalue weighted by atomic mass is 9.67. The highest BCUT2D eigenvalue weighted by Crippen LogP contribution is 2.45. The van der Waals surface area contributed by atoms with E-state index in [1.54, 1.807) is 18.2 Å². The zero-order valence-corrected chi connectivity index (χ0v) is 16.8. The van der Waals surface area contributed by atoms with E-state index < -0.39 is 5.97 Å². The first-order chi connectivity index (χ1) is 13.9. The van der Waals surface area contributed by atoms with Crippen molar-refractivity contribution < 1.29 is 9.90 Å². The summed E-state index contributed by atoms with van der Waals surface area (Å²) in [6.45, 7) is 4.63. The summed E-state index contributed by atoms with van der Waals surface area (Å²) in [5.74, 6) is 5.81. The van der Waals surface area contributed by atoms with Crippen molar-refractivity contribution in [2.45, 2.75) is 38.0 Å². The quantitative estimate of drug-likeness (QED) is 0.555. The average Bonchev–Trinajstić information content (AvgIpc) is 2.73. The van der Waals surface area contributed by atoms with Crippen LogP contribution in [0.2, 0.25) is 0 Å². The number of hydrogen-bond donors (Lipinski definition) is 1. The van der Waals surface area contributed by atoms with Crippen LogP contribution in [0.1, 0.15) is 70.8 Å². The van der Waals surface area contributed by atoms with Gasteiger partial charge >= 0.3 is 5.97 Å². The summed E-state index contributed by atoms with van der Waals surface area (Å²) in [5.41, 5.74) is 6.19. The van der Waals surface area contributed by atoms with Gasteiger partial charge in [0.05, 0.1) is 5.56 Å². The largest absolute Gasteiger partial charge is 0.478 e. The molecular formula is C27H24O2. The van der Waals surface area contributed by atoms with Crippen LogP contribution in [-0.2, 0) is 5.41 Å². The van der Waals surface area contributed by atoms with Crippen LogP contribution in [0.25, 0.3) is 0 Å². The molecule has 3 aromatic carbocycles. The molecule has 0 bridgehead atoms. The van der Waals surface area contributed by atoms with Gasteiger partial charge in [-0.1, -0.05) is 68.2 Å². The minimum absolute atomic E-state index is 0.155. The SMILES string of the molecule is CC1(C)CCC(c2ccccc2)c2cc(C#Cc3cccc(C(=O)O)c3)ccc21. The Morgan fingerprint density at radius 3 is 2.38 bits per heavy atom. The number of aromatic carboxylic acids is 1. The molecule has 0 aromatic heterocycles. The van der Waals surface area contributed by atoms with E-state index in [0.717, 1.165) is 18.4 Å². The first-order valence-corrected chi connectivity index (χ1v) is 9.99. The van der Waals surface area contributed by atoms with Gasteiger partial charge in [-0.25, -0.2) is 4.79 Å². The van der Waals surface area contributed by atoms with Gasteiger partial charge in [0.25, 0.3) is 0 Å². The van der Waals surface area contributed by atoms with Crippen LogP contribution in [0.3, 0.4) is 0 Å². The summed E-state index contributed by atoms with van der Waals surface area (Å²) in [6.07, 6.45) is 2.29. The molecule has 0 radical (unpaired) electrons. The Balaban J connectivity index is 1.74. The minimum atomic E-state index is -0.935. The maximum Gasteiger partial charge on any atom is 0.335 e. The molecule has 0 spiro atoms. The molecule has 1 atom stereocenters. The molecular weight excluding hydrogens is 356 g/mol. The van der Waals surface area contributed by atoms with Crippen LogP contribution in [0.15, 0.2) is 72.8 Å². The fraction of sp³-hybridized carbons (Fsp3) is 0.222. The van der Waals surface area contributed by atoms with E-state index >= 15 is 0 Å². The van der Waals surface area contributed by atoms with E-state index in [4.69, 9.17) is 5.11 Å². The number of carbonyl (C=O) groups is 1. The topological polar surface area (TPSA) is 37.3 Å². The highest BCUT2D eigenvalue weighted by Gasteiger charge is 2.33. The van der Waals surface area contributed by atoms with Crippen molar-refractivity contribution in [2.24, 2.45) is 0 Å². The highest BCUT2D eigenvalue weighted by molar-refractivity contribution is 5.88. The summed E-state index contributed by atoms with van der Waals surface area (Å²) < 4.78 is 0. The number of carboxylic acids is 1. The predicted molar refractivity (Wildman–Crippen MR) is 116 cm³/mol. The highest BCUT2D eigenvalue weighted by atomic mass is 16.4. The van der Waals surface area contributed by atoms with E-state index in [0.29, 0.717) is 11.5 Å². The summed E-state index contributed by atoms with van der Waals surface area (Å²) in [7, 11) is 0. The lowest BCUT2D eigenvalue weighted by molar-refractivity contribution is 0.0697. The molecule has 144 valence electrons. The van der Waals surface area contributed by atoms with Crippen molar-refractivity contribution in [1.29, 1.82) is 0 Å². The standard InChI is InChI=1S/C27H24O2/c1-27(2)16-15-23(21-8-4-3-5-9-21)24-18-20(13-14-25(24)27)12-11-19-7-6-10-22(17-19)26(28)29/h3-10,13-14,17-18,23H,15-16H2,1-2H3,(H,28,29). The second-order valence-corrected chi connectivity index (χ2v) is 8.32. The Hall–Kier alpha value is -3.31. The third-order valence-corrected chi connectivity index (χ3v) is 5.88. The van der Waals surface area contributed by atoms with Crippen molar-refractivity contribution in [1.82, 2.24) is 0 Å². The van der Waals surface area contributed by atoms with E-state index in [9.17, 15) is 4.79 Å². The lowest BCUT2D eigenvalue weighted by Crippen LogP contribution is -2.26. The maximum atomic E-state index is 11.2. The van der Waals surface area contributed by atoms with Crippen LogP contribution in [0, 0.1) is 11.8 Å². The smallest absolute Gasteiger partial charge is 0.335 e. The van der Waals surface area contributed by atoms with Gasteiger partial charge in [-0.15, -0.1) is 0 Å². The average molecular weight is 380 g/mol. The molecule has 1 aliphatic rings. The van der Waals surface area contributed by atoms with Crippen LogP contribution in [0.5, 0.6) is 0 Å². The zero-order valence-electron chi connectivity index (χ0n) is 16.8. The second kappa shape index (κ2) is 7.60. The summed E-state index contributed by atoms with van der Waals surface area (Å²) >= 11 is 0. The third kappa shape index (κ3) is 3.96. The number of hydrogen-bond acceptors (Lipinski definition) is 1. The predicted octanol–water partition coefficient (Wildman–Crippen LogP) is 5.99. The monoisotopic (exact) mass is 380 g/mol. The summed E-state index contributed by atoms with van der Waals surface area (Å²) in [4.78, 5) is 11.2. The molecule has 1 unspecified atom stereocenters. The Bertz CT molecular complexity index is 1110. The van der Waals surface area contributed by atoms with Gasteiger partial charge in [0.15, 0.2) is 0 Å². The number of rotatable bonds is 2. The van der Waals surface area contributed by atoms with Crippen LogP contribution in [-0.4, -0.2) is 11.1 Å². The Morgan fingerprint density at radius 2 is 1.66 bits per heavy atom. The van der Waals surface area contributed by atoms with Crippen molar-refractivity contribution in [2.75, 3.05) is 0 Å². The molecule has 0 saturated carbocycles. The molecule has 2 heteroatoms. The normalized spacial score (nSPS) is 17.0.